The highest BCUT2D eigenvalue weighted by atomic mass is 35.5. The van der Waals surface area contributed by atoms with Crippen molar-refractivity contribution in [3.8, 4) is 0 Å². The lowest BCUT2D eigenvalue weighted by atomic mass is 9.80. The summed E-state index contributed by atoms with van der Waals surface area (Å²) in [6.07, 6.45) is 0.672. The molecule has 206 valence electrons. The average Bonchev–Trinajstić information content (AvgIpc) is 3.15. The molecule has 4 atom stereocenters. The molecule has 0 aromatic heterocycles. The zero-order valence-corrected chi connectivity index (χ0v) is 22.9. The van der Waals surface area contributed by atoms with Crippen LogP contribution < -0.4 is 10.2 Å². The van der Waals surface area contributed by atoms with Crippen LogP contribution in [0.25, 0.3) is 0 Å². The predicted molar refractivity (Wildman–Crippen MR) is 145 cm³/mol. The first-order valence-corrected chi connectivity index (χ1v) is 13.4. The first kappa shape index (κ1) is 28.6. The van der Waals surface area contributed by atoms with Crippen molar-refractivity contribution in [1.82, 2.24) is 0 Å². The van der Waals surface area contributed by atoms with Crippen molar-refractivity contribution in [3.05, 3.63) is 59.7 Å². The minimum Gasteiger partial charge on any atom is -0.462 e. The summed E-state index contributed by atoms with van der Waals surface area (Å²) in [4.78, 5) is 63.6. The molecule has 9 nitrogen and oxygen atoms in total. The van der Waals surface area contributed by atoms with Gasteiger partial charge in [0.2, 0.25) is 11.8 Å². The summed E-state index contributed by atoms with van der Waals surface area (Å²) in [5, 5.41) is 1.83. The van der Waals surface area contributed by atoms with E-state index in [9.17, 15) is 24.0 Å². The number of fused-ring (bicyclic) bond motifs is 1. The van der Waals surface area contributed by atoms with Gasteiger partial charge in [-0.25, -0.2) is 9.59 Å². The van der Waals surface area contributed by atoms with Crippen LogP contribution in [-0.4, -0.2) is 53.6 Å². The van der Waals surface area contributed by atoms with E-state index in [4.69, 9.17) is 32.7 Å². The molecule has 1 aliphatic carbocycles. The summed E-state index contributed by atoms with van der Waals surface area (Å²) in [6.45, 7) is 3.64. The van der Waals surface area contributed by atoms with Gasteiger partial charge < -0.3 is 14.8 Å². The number of carbonyl (C=O) groups is 5. The van der Waals surface area contributed by atoms with E-state index >= 15 is 0 Å². The Labute approximate surface area is 235 Å². The molecule has 0 spiro atoms. The fourth-order valence-corrected chi connectivity index (χ4v) is 5.11. The molecular weight excluding hydrogens is 547 g/mol. The van der Waals surface area contributed by atoms with E-state index in [0.29, 0.717) is 36.4 Å². The maximum absolute atomic E-state index is 12.9. The molecule has 1 saturated heterocycles. The second kappa shape index (κ2) is 12.2. The number of nitrogens with one attached hydrogen (secondary N) is 1. The van der Waals surface area contributed by atoms with Gasteiger partial charge in [-0.3, -0.25) is 19.3 Å². The quantitative estimate of drug-likeness (QED) is 0.281. The topological polar surface area (TPSA) is 119 Å². The second-order valence-corrected chi connectivity index (χ2v) is 11.1. The number of ether oxygens (including phenoxy) is 2. The summed E-state index contributed by atoms with van der Waals surface area (Å²) in [7, 11) is 0. The van der Waals surface area contributed by atoms with Gasteiger partial charge in [-0.1, -0.05) is 13.8 Å². The van der Waals surface area contributed by atoms with Gasteiger partial charge >= 0.3 is 11.9 Å². The third kappa shape index (κ3) is 6.59. The highest BCUT2D eigenvalue weighted by molar-refractivity contribution is 6.31. The molecular formula is C28H28Cl2N2O7. The number of imide groups is 1. The first-order valence-electron chi connectivity index (χ1n) is 12.5. The Balaban J connectivity index is 1.29. The van der Waals surface area contributed by atoms with E-state index in [1.54, 1.807) is 12.1 Å². The van der Waals surface area contributed by atoms with Gasteiger partial charge in [-0.2, -0.15) is 0 Å². The van der Waals surface area contributed by atoms with Gasteiger partial charge in [-0.15, -0.1) is 23.2 Å². The second-order valence-electron chi connectivity index (χ2n) is 9.97. The van der Waals surface area contributed by atoms with Crippen LogP contribution >= 0.6 is 23.2 Å². The van der Waals surface area contributed by atoms with Crippen molar-refractivity contribution in [1.29, 1.82) is 0 Å². The largest absolute Gasteiger partial charge is 0.462 e. The molecule has 2 aromatic carbocycles. The van der Waals surface area contributed by atoms with Gasteiger partial charge in [0.25, 0.3) is 5.91 Å². The first-order chi connectivity index (χ1) is 18.5. The summed E-state index contributed by atoms with van der Waals surface area (Å²) in [6, 6.07) is 11.9. The molecule has 11 heteroatoms. The number of rotatable bonds is 8. The standard InChI is InChI=1S/C28H28Cl2N2O7/c1-15(2)13-38-27(36)16-3-7-18(8-4-16)31-24(33)14-39-28(37)17-5-9-19(10-6-17)32-25(34)20-11-22(29)23(30)12-21(20)26(32)35/h3-10,15,20-23H,11-14H2,1-2H3,(H,31,33)/t20-,21-,22+,23+/m1/s1. The SMILES string of the molecule is CC(C)COC(=O)c1ccc(NC(=O)COC(=O)c2ccc(N3C(=O)[C@@H]4C[C@H](Cl)[C@@H](Cl)C[C@H]4C3=O)cc2)cc1. The minimum absolute atomic E-state index is 0.147. The molecule has 1 heterocycles. The van der Waals surface area contributed by atoms with Gasteiger partial charge in [0.05, 0.1) is 46.0 Å². The monoisotopic (exact) mass is 574 g/mol. The number of benzene rings is 2. The highest BCUT2D eigenvalue weighted by Crippen LogP contribution is 2.43. The van der Waals surface area contributed by atoms with Gasteiger partial charge in [0.1, 0.15) is 0 Å². The molecule has 1 N–H and O–H groups in total. The molecule has 2 aliphatic rings. The highest BCUT2D eigenvalue weighted by Gasteiger charge is 2.52. The third-order valence-corrected chi connectivity index (χ3v) is 7.65. The lowest BCUT2D eigenvalue weighted by Gasteiger charge is -2.28. The maximum atomic E-state index is 12.9. The van der Waals surface area contributed by atoms with Crippen LogP contribution in [0.1, 0.15) is 47.4 Å². The summed E-state index contributed by atoms with van der Waals surface area (Å²) >= 11 is 12.4. The Kier molecular flexibility index (Phi) is 8.92. The smallest absolute Gasteiger partial charge is 0.338 e. The number of nitrogens with zero attached hydrogens (tertiary/aromatic N) is 1. The van der Waals surface area contributed by atoms with Crippen molar-refractivity contribution >= 4 is 64.2 Å². The van der Waals surface area contributed by atoms with Crippen molar-refractivity contribution < 1.29 is 33.4 Å². The predicted octanol–water partition coefficient (Wildman–Crippen LogP) is 4.41. The van der Waals surface area contributed by atoms with Gasteiger partial charge in [-0.05, 0) is 67.3 Å². The number of carbonyl (C=O) groups excluding carboxylic acids is 5. The van der Waals surface area contributed by atoms with Crippen LogP contribution in [0.3, 0.4) is 0 Å². The molecule has 1 aliphatic heterocycles. The Morgan fingerprint density at radius 1 is 0.846 bits per heavy atom. The Morgan fingerprint density at radius 2 is 1.33 bits per heavy atom. The van der Waals surface area contributed by atoms with Crippen LogP contribution in [0, 0.1) is 17.8 Å². The number of amides is 3. The third-order valence-electron chi connectivity index (χ3n) is 6.56. The summed E-state index contributed by atoms with van der Waals surface area (Å²) in [5.74, 6) is -3.22. The van der Waals surface area contributed by atoms with Crippen molar-refractivity contribution in [2.75, 3.05) is 23.4 Å². The molecule has 4 rings (SSSR count). The Bertz CT molecular complexity index is 1240. The molecule has 0 unspecified atom stereocenters. The van der Waals surface area contributed by atoms with E-state index < -0.39 is 36.3 Å². The molecule has 1 saturated carbocycles. The fourth-order valence-electron chi connectivity index (χ4n) is 4.52. The zero-order chi connectivity index (χ0) is 28.3. The number of alkyl halides is 2. The van der Waals surface area contributed by atoms with Gasteiger partial charge in [0, 0.05) is 5.69 Å². The average molecular weight is 575 g/mol. The van der Waals surface area contributed by atoms with E-state index in [-0.39, 0.29) is 34.0 Å². The molecule has 0 radical (unpaired) electrons. The van der Waals surface area contributed by atoms with Crippen LogP contribution in [0.4, 0.5) is 11.4 Å². The van der Waals surface area contributed by atoms with Crippen molar-refractivity contribution in [2.45, 2.75) is 37.4 Å². The van der Waals surface area contributed by atoms with Crippen LogP contribution in [-0.2, 0) is 23.9 Å². The Morgan fingerprint density at radius 3 is 1.85 bits per heavy atom. The molecule has 2 aromatic rings. The lowest BCUT2D eigenvalue weighted by Crippen LogP contribution is -2.34. The number of hydrogen-bond acceptors (Lipinski definition) is 7. The van der Waals surface area contributed by atoms with Crippen LogP contribution in [0.2, 0.25) is 0 Å². The minimum atomic E-state index is -0.748. The maximum Gasteiger partial charge on any atom is 0.338 e. The van der Waals surface area contributed by atoms with Crippen LogP contribution in [0.5, 0.6) is 0 Å². The molecule has 3 amide bonds. The van der Waals surface area contributed by atoms with Crippen molar-refractivity contribution in [2.24, 2.45) is 17.8 Å². The van der Waals surface area contributed by atoms with E-state index in [0.717, 1.165) is 4.90 Å². The van der Waals surface area contributed by atoms with E-state index in [2.05, 4.69) is 5.32 Å². The van der Waals surface area contributed by atoms with Gasteiger partial charge in [0.15, 0.2) is 6.61 Å². The fraction of sp³-hybridized carbons (Fsp3) is 0.393. The summed E-state index contributed by atoms with van der Waals surface area (Å²) < 4.78 is 10.2. The normalized spacial score (nSPS) is 22.4. The Hall–Kier alpha value is -3.43. The number of anilines is 2. The summed E-state index contributed by atoms with van der Waals surface area (Å²) in [5.41, 5.74) is 1.25. The van der Waals surface area contributed by atoms with Crippen molar-refractivity contribution in [3.63, 3.8) is 0 Å². The number of hydrogen-bond donors (Lipinski definition) is 1. The number of esters is 2. The zero-order valence-electron chi connectivity index (χ0n) is 21.4. The van der Waals surface area contributed by atoms with Crippen LogP contribution in [0.15, 0.2) is 48.5 Å². The lowest BCUT2D eigenvalue weighted by molar-refractivity contribution is -0.122. The molecule has 2 fully saturated rings. The molecule has 0 bridgehead atoms. The number of halogens is 2. The van der Waals surface area contributed by atoms with E-state index in [1.165, 1.54) is 36.4 Å². The van der Waals surface area contributed by atoms with E-state index in [1.807, 2.05) is 13.8 Å². The molecule has 39 heavy (non-hydrogen) atoms.